The third-order valence-electron chi connectivity index (χ3n) is 6.39. The molecule has 1 N–H and O–H groups in total. The van der Waals surface area contributed by atoms with Crippen molar-refractivity contribution in [2.45, 2.75) is 38.9 Å². The number of aryl methyl sites for hydroxylation is 1. The number of para-hydroxylation sites is 1. The molecule has 33 heavy (non-hydrogen) atoms. The minimum atomic E-state index is -0.118. The standard InChI is InChI=1S/C25H26N4O3.ClH/c1-16-19-6-3-4-8-21(19)32-22(16)15-28(2)23(30)10-9-17-12-18-14-29-11-5-7-20(29)25(31)27-24(18)26-13-17;/h3-4,6,8-10,12-13,20H,5,7,11,14-15H2,1-2H3,(H,26,27,31);1H/t20-;/m1./s1. The Bertz CT molecular complexity index is 1240. The molecule has 0 saturated carbocycles. The monoisotopic (exact) mass is 466 g/mol. The second kappa shape index (κ2) is 9.37. The van der Waals surface area contributed by atoms with E-state index in [1.54, 1.807) is 30.3 Å². The van der Waals surface area contributed by atoms with E-state index in [1.807, 2.05) is 37.3 Å². The molecule has 0 radical (unpaired) electrons. The molecule has 2 aliphatic heterocycles. The molecule has 1 aromatic carbocycles. The highest BCUT2D eigenvalue weighted by molar-refractivity contribution is 5.96. The van der Waals surface area contributed by atoms with Gasteiger partial charge in [-0.1, -0.05) is 18.2 Å². The van der Waals surface area contributed by atoms with Crippen molar-refractivity contribution >= 4 is 47.1 Å². The van der Waals surface area contributed by atoms with Gasteiger partial charge in [0.05, 0.1) is 12.6 Å². The van der Waals surface area contributed by atoms with Gasteiger partial charge in [0.2, 0.25) is 11.8 Å². The van der Waals surface area contributed by atoms with E-state index < -0.39 is 0 Å². The zero-order valence-electron chi connectivity index (χ0n) is 18.7. The zero-order chi connectivity index (χ0) is 22.2. The fourth-order valence-corrected chi connectivity index (χ4v) is 4.55. The Labute approximate surface area is 198 Å². The van der Waals surface area contributed by atoms with Crippen LogP contribution in [0.4, 0.5) is 5.82 Å². The van der Waals surface area contributed by atoms with E-state index in [9.17, 15) is 9.59 Å². The first-order chi connectivity index (χ1) is 15.5. The van der Waals surface area contributed by atoms with E-state index in [1.165, 1.54) is 0 Å². The van der Waals surface area contributed by atoms with E-state index in [2.05, 4.69) is 15.2 Å². The number of carbonyl (C=O) groups excluding carboxylic acids is 2. The number of nitrogens with zero attached hydrogens (tertiary/aromatic N) is 3. The minimum Gasteiger partial charge on any atom is -0.459 e. The SMILES string of the molecule is Cc1c(CN(C)C(=O)C=Cc2cnc3c(c2)CN2CCC[C@@H]2C(=O)N3)oc2ccccc12.Cl. The maximum atomic E-state index is 12.7. The molecule has 0 spiro atoms. The second-order valence-electron chi connectivity index (χ2n) is 8.57. The highest BCUT2D eigenvalue weighted by Crippen LogP contribution is 2.28. The lowest BCUT2D eigenvalue weighted by Gasteiger charge is -2.19. The van der Waals surface area contributed by atoms with Crippen LogP contribution in [0.1, 0.15) is 35.3 Å². The van der Waals surface area contributed by atoms with Crippen molar-refractivity contribution in [2.75, 3.05) is 18.9 Å². The molecule has 0 unspecified atom stereocenters. The number of aromatic nitrogens is 1. The number of anilines is 1. The number of likely N-dealkylation sites (N-methyl/N-ethyl adjacent to an activating group) is 1. The number of pyridine rings is 1. The normalized spacial score (nSPS) is 17.9. The van der Waals surface area contributed by atoms with E-state index in [-0.39, 0.29) is 30.3 Å². The van der Waals surface area contributed by atoms with Crippen LogP contribution in [-0.4, -0.2) is 46.2 Å². The summed E-state index contributed by atoms with van der Waals surface area (Å²) in [6.45, 7) is 4.02. The Morgan fingerprint density at radius 1 is 1.36 bits per heavy atom. The van der Waals surface area contributed by atoms with Crippen molar-refractivity contribution in [1.82, 2.24) is 14.8 Å². The fourth-order valence-electron chi connectivity index (χ4n) is 4.55. The molecule has 7 nitrogen and oxygen atoms in total. The molecule has 0 aliphatic carbocycles. The molecular formula is C25H27ClN4O3. The molecule has 2 aliphatic rings. The Morgan fingerprint density at radius 2 is 2.18 bits per heavy atom. The number of fused-ring (bicyclic) bond motifs is 3. The van der Waals surface area contributed by atoms with Crippen LogP contribution in [0.2, 0.25) is 0 Å². The predicted octanol–water partition coefficient (Wildman–Crippen LogP) is 4.15. The second-order valence-corrected chi connectivity index (χ2v) is 8.57. The van der Waals surface area contributed by atoms with Crippen molar-refractivity contribution in [3.8, 4) is 0 Å². The van der Waals surface area contributed by atoms with Crippen molar-refractivity contribution in [3.05, 3.63) is 65.1 Å². The first kappa shape index (κ1) is 23.0. The maximum Gasteiger partial charge on any atom is 0.246 e. The summed E-state index contributed by atoms with van der Waals surface area (Å²) in [5.74, 6) is 1.31. The molecule has 1 atom stereocenters. The van der Waals surface area contributed by atoms with Crippen LogP contribution in [-0.2, 0) is 22.7 Å². The van der Waals surface area contributed by atoms with Gasteiger partial charge in [0.1, 0.15) is 17.2 Å². The van der Waals surface area contributed by atoms with E-state index in [0.717, 1.165) is 52.8 Å². The molecule has 1 saturated heterocycles. The van der Waals surface area contributed by atoms with Gasteiger partial charge in [-0.25, -0.2) is 4.98 Å². The van der Waals surface area contributed by atoms with Gasteiger partial charge in [0.25, 0.3) is 0 Å². The van der Waals surface area contributed by atoms with Gasteiger partial charge in [0.15, 0.2) is 0 Å². The number of rotatable bonds is 4. The molecule has 4 heterocycles. The summed E-state index contributed by atoms with van der Waals surface area (Å²) in [6, 6.07) is 9.81. The van der Waals surface area contributed by atoms with Crippen LogP contribution in [0.25, 0.3) is 17.0 Å². The van der Waals surface area contributed by atoms with Crippen molar-refractivity contribution in [1.29, 1.82) is 0 Å². The van der Waals surface area contributed by atoms with E-state index >= 15 is 0 Å². The number of hydrogen-bond donors (Lipinski definition) is 1. The third-order valence-corrected chi connectivity index (χ3v) is 6.39. The summed E-state index contributed by atoms with van der Waals surface area (Å²) in [7, 11) is 1.76. The van der Waals surface area contributed by atoms with Crippen LogP contribution in [0.15, 0.2) is 47.0 Å². The quantitative estimate of drug-likeness (QED) is 0.584. The number of amides is 2. The number of benzene rings is 1. The Morgan fingerprint density at radius 3 is 3.00 bits per heavy atom. The van der Waals surface area contributed by atoms with Crippen molar-refractivity contribution in [3.63, 3.8) is 0 Å². The Kier molecular flexibility index (Phi) is 6.54. The number of halogens is 1. The van der Waals surface area contributed by atoms with Crippen LogP contribution in [0, 0.1) is 6.92 Å². The number of nitrogens with one attached hydrogen (secondary N) is 1. The lowest BCUT2D eigenvalue weighted by Crippen LogP contribution is -2.36. The molecule has 0 bridgehead atoms. The summed E-state index contributed by atoms with van der Waals surface area (Å²) in [5, 5.41) is 4.02. The molecule has 3 aromatic rings. The van der Waals surface area contributed by atoms with Crippen molar-refractivity contribution in [2.24, 2.45) is 0 Å². The molecule has 1 fully saturated rings. The van der Waals surface area contributed by atoms with Gasteiger partial charge in [-0.2, -0.15) is 0 Å². The average molecular weight is 467 g/mol. The third kappa shape index (κ3) is 4.51. The van der Waals surface area contributed by atoms with Crippen molar-refractivity contribution < 1.29 is 14.0 Å². The van der Waals surface area contributed by atoms with Gasteiger partial charge in [-0.05, 0) is 50.1 Å². The van der Waals surface area contributed by atoms with Gasteiger partial charge in [-0.15, -0.1) is 12.4 Å². The van der Waals surface area contributed by atoms with Crippen LogP contribution in [0.5, 0.6) is 0 Å². The molecular weight excluding hydrogens is 440 g/mol. The first-order valence-electron chi connectivity index (χ1n) is 10.9. The van der Waals surface area contributed by atoms with E-state index in [4.69, 9.17) is 4.42 Å². The minimum absolute atomic E-state index is 0. The predicted molar refractivity (Wildman–Crippen MR) is 130 cm³/mol. The maximum absolute atomic E-state index is 12.7. The van der Waals surface area contributed by atoms with Gasteiger partial charge in [-0.3, -0.25) is 14.5 Å². The molecule has 2 amide bonds. The summed E-state index contributed by atoms with van der Waals surface area (Å²) in [4.78, 5) is 33.4. The number of furan rings is 1. The summed E-state index contributed by atoms with van der Waals surface area (Å²) in [5.41, 5.74) is 3.70. The number of hydrogen-bond acceptors (Lipinski definition) is 5. The average Bonchev–Trinajstić information content (AvgIpc) is 3.35. The Hall–Kier alpha value is -3.16. The summed E-state index contributed by atoms with van der Waals surface area (Å²) in [6.07, 6.45) is 6.92. The lowest BCUT2D eigenvalue weighted by atomic mass is 10.1. The zero-order valence-corrected chi connectivity index (χ0v) is 19.5. The summed E-state index contributed by atoms with van der Waals surface area (Å²) < 4.78 is 5.93. The first-order valence-corrected chi connectivity index (χ1v) is 10.9. The molecule has 172 valence electrons. The largest absolute Gasteiger partial charge is 0.459 e. The van der Waals surface area contributed by atoms with Crippen LogP contribution < -0.4 is 5.32 Å². The smallest absolute Gasteiger partial charge is 0.246 e. The summed E-state index contributed by atoms with van der Waals surface area (Å²) >= 11 is 0. The van der Waals surface area contributed by atoms with Crippen LogP contribution in [0.3, 0.4) is 0 Å². The topological polar surface area (TPSA) is 78.7 Å². The fraction of sp³-hybridized carbons (Fsp3) is 0.320. The van der Waals surface area contributed by atoms with Gasteiger partial charge in [0, 0.05) is 42.4 Å². The highest BCUT2D eigenvalue weighted by atomic mass is 35.5. The molecule has 5 rings (SSSR count). The molecule has 2 aromatic heterocycles. The Balaban J connectivity index is 0.00000259. The van der Waals surface area contributed by atoms with Gasteiger partial charge >= 0.3 is 0 Å². The highest BCUT2D eigenvalue weighted by Gasteiger charge is 2.34. The molecule has 8 heteroatoms. The lowest BCUT2D eigenvalue weighted by molar-refractivity contribution is -0.125. The number of carbonyl (C=O) groups is 2. The van der Waals surface area contributed by atoms with Crippen LogP contribution >= 0.6 is 12.4 Å². The van der Waals surface area contributed by atoms with E-state index in [0.29, 0.717) is 18.9 Å². The van der Waals surface area contributed by atoms with Gasteiger partial charge < -0.3 is 14.6 Å².